The predicted molar refractivity (Wildman–Crippen MR) is 77.2 cm³/mol. The fourth-order valence-corrected chi connectivity index (χ4v) is 3.34. The Balaban J connectivity index is 1.61. The van der Waals surface area contributed by atoms with Crippen LogP contribution < -0.4 is 0 Å². The van der Waals surface area contributed by atoms with Gasteiger partial charge >= 0.3 is 0 Å². The van der Waals surface area contributed by atoms with Gasteiger partial charge in [0.2, 0.25) is 0 Å². The van der Waals surface area contributed by atoms with Crippen molar-refractivity contribution < 1.29 is 14.2 Å². The number of hydrogen-bond acceptors (Lipinski definition) is 3. The average molecular weight is 276 g/mol. The third kappa shape index (κ3) is 2.90. The molecule has 1 aromatic carbocycles. The van der Waals surface area contributed by atoms with Gasteiger partial charge < -0.3 is 14.2 Å². The number of hydrogen-bond donors (Lipinski definition) is 0. The summed E-state index contributed by atoms with van der Waals surface area (Å²) in [6.07, 6.45) is 1.56. The Labute approximate surface area is 121 Å². The topological polar surface area (TPSA) is 27.7 Å². The highest BCUT2D eigenvalue weighted by molar-refractivity contribution is 5.13. The fourth-order valence-electron chi connectivity index (χ4n) is 3.34. The van der Waals surface area contributed by atoms with E-state index in [0.717, 1.165) is 13.0 Å². The maximum absolute atomic E-state index is 6.14. The second-order valence-corrected chi connectivity index (χ2v) is 6.51. The normalized spacial score (nSPS) is 35.8. The van der Waals surface area contributed by atoms with Gasteiger partial charge in [0, 0.05) is 5.92 Å². The van der Waals surface area contributed by atoms with Crippen molar-refractivity contribution in [3.05, 3.63) is 35.9 Å². The molecule has 1 saturated carbocycles. The van der Waals surface area contributed by atoms with Crippen LogP contribution in [-0.2, 0) is 20.8 Å². The van der Waals surface area contributed by atoms with Gasteiger partial charge in [-0.05, 0) is 31.7 Å². The smallest absolute Gasteiger partial charge is 0.163 e. The molecule has 1 aromatic rings. The van der Waals surface area contributed by atoms with Crippen molar-refractivity contribution in [1.82, 2.24) is 0 Å². The molecule has 0 N–H and O–H groups in total. The zero-order chi connectivity index (χ0) is 14.2. The van der Waals surface area contributed by atoms with E-state index in [1.165, 1.54) is 5.56 Å². The first-order valence-corrected chi connectivity index (χ1v) is 7.52. The summed E-state index contributed by atoms with van der Waals surface area (Å²) in [5, 5.41) is 0. The summed E-state index contributed by atoms with van der Waals surface area (Å²) in [5.74, 6) is 0.440. The second-order valence-electron chi connectivity index (χ2n) is 6.51. The summed E-state index contributed by atoms with van der Waals surface area (Å²) in [7, 11) is 0. The molecule has 0 bridgehead atoms. The van der Waals surface area contributed by atoms with Crippen LogP contribution >= 0.6 is 0 Å². The molecule has 0 aromatic heterocycles. The molecule has 1 heterocycles. The third-order valence-electron chi connectivity index (χ3n) is 4.41. The molecular weight excluding hydrogens is 252 g/mol. The van der Waals surface area contributed by atoms with Crippen LogP contribution in [0.3, 0.4) is 0 Å². The Bertz CT molecular complexity index is 443. The van der Waals surface area contributed by atoms with Gasteiger partial charge in [0.15, 0.2) is 5.79 Å². The Morgan fingerprint density at radius 1 is 1.25 bits per heavy atom. The molecule has 3 nitrogen and oxygen atoms in total. The van der Waals surface area contributed by atoms with Crippen LogP contribution in [-0.4, -0.2) is 24.6 Å². The molecule has 0 radical (unpaired) electrons. The van der Waals surface area contributed by atoms with Gasteiger partial charge in [-0.25, -0.2) is 0 Å². The highest BCUT2D eigenvalue weighted by Gasteiger charge is 2.48. The second kappa shape index (κ2) is 5.47. The Kier molecular flexibility index (Phi) is 3.85. The van der Waals surface area contributed by atoms with E-state index in [1.54, 1.807) is 0 Å². The monoisotopic (exact) mass is 276 g/mol. The molecule has 3 rings (SSSR count). The first-order valence-electron chi connectivity index (χ1n) is 7.52. The van der Waals surface area contributed by atoms with E-state index in [0.29, 0.717) is 18.4 Å². The molecule has 3 heteroatoms. The standard InChI is InChI=1S/C17H24O3/c1-12-9-15(18-10-13-7-5-4-6-8-13)14-11-19-17(2,3)20-16(12)14/h4-8,12,14-16H,9-11H2,1-3H3/t12-,14-,15-,16+/m1/s1. The Morgan fingerprint density at radius 2 is 2.00 bits per heavy atom. The first kappa shape index (κ1) is 14.1. The van der Waals surface area contributed by atoms with Crippen LogP contribution in [0.5, 0.6) is 0 Å². The lowest BCUT2D eigenvalue weighted by molar-refractivity contribution is -0.299. The summed E-state index contributed by atoms with van der Waals surface area (Å²) in [5.41, 5.74) is 1.22. The molecule has 1 aliphatic heterocycles. The Hall–Kier alpha value is -0.900. The van der Waals surface area contributed by atoms with E-state index < -0.39 is 5.79 Å². The van der Waals surface area contributed by atoms with Gasteiger partial charge in [0.05, 0.1) is 25.4 Å². The lowest BCUT2D eigenvalue weighted by Gasteiger charge is -2.40. The van der Waals surface area contributed by atoms with E-state index in [4.69, 9.17) is 14.2 Å². The molecule has 1 aliphatic carbocycles. The van der Waals surface area contributed by atoms with Crippen molar-refractivity contribution in [2.75, 3.05) is 6.61 Å². The van der Waals surface area contributed by atoms with E-state index in [2.05, 4.69) is 19.1 Å². The van der Waals surface area contributed by atoms with Gasteiger partial charge in [0.1, 0.15) is 0 Å². The van der Waals surface area contributed by atoms with Gasteiger partial charge in [0.25, 0.3) is 0 Å². The van der Waals surface area contributed by atoms with Crippen LogP contribution in [0.1, 0.15) is 32.8 Å². The molecule has 20 heavy (non-hydrogen) atoms. The van der Waals surface area contributed by atoms with E-state index in [-0.39, 0.29) is 12.2 Å². The molecule has 110 valence electrons. The molecule has 1 saturated heterocycles. The molecule has 2 aliphatic rings. The Morgan fingerprint density at radius 3 is 2.75 bits per heavy atom. The minimum absolute atomic E-state index is 0.242. The third-order valence-corrected chi connectivity index (χ3v) is 4.41. The summed E-state index contributed by atoms with van der Waals surface area (Å²) in [6.45, 7) is 7.65. The first-order chi connectivity index (χ1) is 9.55. The van der Waals surface area contributed by atoms with E-state index in [1.807, 2.05) is 32.0 Å². The number of rotatable bonds is 3. The maximum Gasteiger partial charge on any atom is 0.163 e. The number of ether oxygens (including phenoxy) is 3. The fraction of sp³-hybridized carbons (Fsp3) is 0.647. The van der Waals surface area contributed by atoms with Gasteiger partial charge in [-0.3, -0.25) is 0 Å². The van der Waals surface area contributed by atoms with Crippen LogP contribution in [0.4, 0.5) is 0 Å². The van der Waals surface area contributed by atoms with Crippen LogP contribution in [0, 0.1) is 11.8 Å². The van der Waals surface area contributed by atoms with Crippen LogP contribution in [0.15, 0.2) is 30.3 Å². The van der Waals surface area contributed by atoms with Gasteiger partial charge in [-0.2, -0.15) is 0 Å². The van der Waals surface area contributed by atoms with Crippen molar-refractivity contribution in [3.8, 4) is 0 Å². The van der Waals surface area contributed by atoms with Crippen LogP contribution in [0.2, 0.25) is 0 Å². The molecule has 2 fully saturated rings. The highest BCUT2D eigenvalue weighted by atomic mass is 16.7. The largest absolute Gasteiger partial charge is 0.373 e. The average Bonchev–Trinajstić information content (AvgIpc) is 2.73. The van der Waals surface area contributed by atoms with Crippen LogP contribution in [0.25, 0.3) is 0 Å². The number of benzene rings is 1. The minimum Gasteiger partial charge on any atom is -0.373 e. The molecule has 0 amide bonds. The quantitative estimate of drug-likeness (QED) is 0.847. The van der Waals surface area contributed by atoms with Crippen molar-refractivity contribution in [2.45, 2.75) is 51.8 Å². The summed E-state index contributed by atoms with van der Waals surface area (Å²) in [4.78, 5) is 0. The lowest BCUT2D eigenvalue weighted by atomic mass is 10.00. The van der Waals surface area contributed by atoms with Gasteiger partial charge in [-0.1, -0.05) is 37.3 Å². The number of fused-ring (bicyclic) bond motifs is 1. The van der Waals surface area contributed by atoms with E-state index in [9.17, 15) is 0 Å². The van der Waals surface area contributed by atoms with E-state index >= 15 is 0 Å². The van der Waals surface area contributed by atoms with Gasteiger partial charge in [-0.15, -0.1) is 0 Å². The lowest BCUT2D eigenvalue weighted by Crippen LogP contribution is -2.47. The molecule has 0 unspecified atom stereocenters. The van der Waals surface area contributed by atoms with Crippen molar-refractivity contribution in [3.63, 3.8) is 0 Å². The summed E-state index contributed by atoms with van der Waals surface area (Å²) < 4.78 is 18.0. The summed E-state index contributed by atoms with van der Waals surface area (Å²) >= 11 is 0. The molecule has 4 atom stereocenters. The van der Waals surface area contributed by atoms with Crippen molar-refractivity contribution in [1.29, 1.82) is 0 Å². The summed E-state index contributed by atoms with van der Waals surface area (Å²) in [6, 6.07) is 10.3. The highest BCUT2D eigenvalue weighted by Crippen LogP contribution is 2.42. The van der Waals surface area contributed by atoms with Crippen molar-refractivity contribution >= 4 is 0 Å². The molecule has 0 spiro atoms. The SMILES string of the molecule is C[C@@H]1C[C@@H](OCc2ccccc2)[C@H]2COC(C)(C)O[C@H]21. The minimum atomic E-state index is -0.455. The zero-order valence-corrected chi connectivity index (χ0v) is 12.5. The zero-order valence-electron chi connectivity index (χ0n) is 12.5. The predicted octanol–water partition coefficient (Wildman–Crippen LogP) is 3.38. The maximum atomic E-state index is 6.14. The van der Waals surface area contributed by atoms with Crippen molar-refractivity contribution in [2.24, 2.45) is 11.8 Å². The molecular formula is C17H24O3.